The van der Waals surface area contributed by atoms with E-state index in [0.717, 1.165) is 35.7 Å². The van der Waals surface area contributed by atoms with Crippen molar-refractivity contribution >= 4 is 22.9 Å². The van der Waals surface area contributed by atoms with E-state index in [1.165, 1.54) is 24.2 Å². The number of nitrogens with zero attached hydrogens (tertiary/aromatic N) is 3. The van der Waals surface area contributed by atoms with Crippen molar-refractivity contribution in [2.45, 2.75) is 25.8 Å². The van der Waals surface area contributed by atoms with Gasteiger partial charge in [0, 0.05) is 31.6 Å². The van der Waals surface area contributed by atoms with Gasteiger partial charge < -0.3 is 15.0 Å². The largest absolute Gasteiger partial charge is 0.347 e. The van der Waals surface area contributed by atoms with Crippen molar-refractivity contribution in [1.29, 1.82) is 0 Å². The van der Waals surface area contributed by atoms with Gasteiger partial charge in [-0.15, -0.1) is 11.3 Å². The molecule has 1 saturated heterocycles. The van der Waals surface area contributed by atoms with Crippen LogP contribution in [0.3, 0.4) is 0 Å². The molecule has 4 rings (SSSR count). The van der Waals surface area contributed by atoms with Crippen LogP contribution in [0.25, 0.3) is 5.65 Å². The highest BCUT2D eigenvalue weighted by Gasteiger charge is 2.17. The summed E-state index contributed by atoms with van der Waals surface area (Å²) in [6, 6.07) is 3.97. The maximum Gasteiger partial charge on any atom is 0.263 e. The molecule has 0 spiro atoms. The number of nitrogens with one attached hydrogen (secondary N) is 2. The van der Waals surface area contributed by atoms with Crippen LogP contribution in [0, 0.1) is 5.92 Å². The number of imidazole rings is 1. The zero-order chi connectivity index (χ0) is 17.1. The molecule has 4 heterocycles. The van der Waals surface area contributed by atoms with E-state index in [1.807, 2.05) is 28.9 Å². The first-order chi connectivity index (χ1) is 12.3. The molecule has 0 saturated carbocycles. The minimum Gasteiger partial charge on any atom is -0.347 e. The quantitative estimate of drug-likeness (QED) is 0.736. The number of fused-ring (bicyclic) bond motifs is 1. The molecule has 0 radical (unpaired) electrons. The SMILES string of the molecule is O=C(NCc1ccn2ccnc2c1)c1cnc(CC2CCNCC2)s1. The Hall–Kier alpha value is -2.25. The number of thiazole rings is 1. The van der Waals surface area contributed by atoms with Crippen molar-refractivity contribution in [3.8, 4) is 0 Å². The summed E-state index contributed by atoms with van der Waals surface area (Å²) in [5, 5.41) is 7.42. The number of carbonyl (C=O) groups excluding carboxylic acids is 1. The van der Waals surface area contributed by atoms with E-state index >= 15 is 0 Å². The van der Waals surface area contributed by atoms with Gasteiger partial charge in [0.25, 0.3) is 5.91 Å². The van der Waals surface area contributed by atoms with Crippen LogP contribution in [-0.2, 0) is 13.0 Å². The lowest BCUT2D eigenvalue weighted by Crippen LogP contribution is -2.28. The topological polar surface area (TPSA) is 71.3 Å². The Kier molecular flexibility index (Phi) is 4.76. The van der Waals surface area contributed by atoms with E-state index in [0.29, 0.717) is 17.3 Å². The smallest absolute Gasteiger partial charge is 0.263 e. The number of carbonyl (C=O) groups is 1. The molecule has 1 aliphatic heterocycles. The number of pyridine rings is 1. The Labute approximate surface area is 150 Å². The zero-order valence-electron chi connectivity index (χ0n) is 13.9. The summed E-state index contributed by atoms with van der Waals surface area (Å²) in [5.74, 6) is 0.627. The third-order valence-corrected chi connectivity index (χ3v) is 5.63. The summed E-state index contributed by atoms with van der Waals surface area (Å²) in [5.41, 5.74) is 1.92. The first-order valence-electron chi connectivity index (χ1n) is 8.63. The van der Waals surface area contributed by atoms with Gasteiger partial charge in [0.05, 0.1) is 11.2 Å². The van der Waals surface area contributed by atoms with E-state index in [9.17, 15) is 4.79 Å². The van der Waals surface area contributed by atoms with Gasteiger partial charge in [0.2, 0.25) is 0 Å². The number of hydrogen-bond acceptors (Lipinski definition) is 5. The van der Waals surface area contributed by atoms with Gasteiger partial charge in [0.1, 0.15) is 10.5 Å². The zero-order valence-corrected chi connectivity index (χ0v) is 14.8. The summed E-state index contributed by atoms with van der Waals surface area (Å²) in [6.07, 6.45) is 10.7. The number of piperidine rings is 1. The second-order valence-electron chi connectivity index (χ2n) is 6.43. The predicted octanol–water partition coefficient (Wildman–Crippen LogP) is 2.26. The highest BCUT2D eigenvalue weighted by Crippen LogP contribution is 2.21. The number of amides is 1. The molecule has 3 aromatic rings. The van der Waals surface area contributed by atoms with E-state index in [-0.39, 0.29) is 5.91 Å². The molecule has 0 unspecified atom stereocenters. The molecule has 3 aromatic heterocycles. The Morgan fingerprint density at radius 3 is 3.08 bits per heavy atom. The maximum atomic E-state index is 12.4. The van der Waals surface area contributed by atoms with Crippen LogP contribution < -0.4 is 10.6 Å². The summed E-state index contributed by atoms with van der Waals surface area (Å²) < 4.78 is 1.95. The van der Waals surface area contributed by atoms with Crippen molar-refractivity contribution < 1.29 is 4.79 Å². The molecule has 130 valence electrons. The fourth-order valence-electron chi connectivity index (χ4n) is 3.17. The summed E-state index contributed by atoms with van der Waals surface area (Å²) >= 11 is 1.51. The van der Waals surface area contributed by atoms with Crippen molar-refractivity contribution in [3.63, 3.8) is 0 Å². The third kappa shape index (κ3) is 3.88. The molecule has 0 aromatic carbocycles. The Balaban J connectivity index is 1.34. The maximum absolute atomic E-state index is 12.4. The second kappa shape index (κ2) is 7.33. The third-order valence-electron chi connectivity index (χ3n) is 4.61. The first kappa shape index (κ1) is 16.2. The molecule has 0 aliphatic carbocycles. The van der Waals surface area contributed by atoms with Crippen LogP contribution in [0.2, 0.25) is 0 Å². The van der Waals surface area contributed by atoms with Crippen LogP contribution in [0.5, 0.6) is 0 Å². The Morgan fingerprint density at radius 1 is 1.32 bits per heavy atom. The average Bonchev–Trinajstić information content (AvgIpc) is 3.29. The van der Waals surface area contributed by atoms with Gasteiger partial charge >= 0.3 is 0 Å². The minimum atomic E-state index is -0.0581. The normalized spacial score (nSPS) is 15.5. The van der Waals surface area contributed by atoms with Gasteiger partial charge in [-0.25, -0.2) is 9.97 Å². The van der Waals surface area contributed by atoms with Crippen molar-refractivity contribution in [3.05, 3.63) is 52.4 Å². The highest BCUT2D eigenvalue weighted by molar-refractivity contribution is 7.13. The molecule has 6 nitrogen and oxygen atoms in total. The average molecular weight is 355 g/mol. The minimum absolute atomic E-state index is 0.0581. The van der Waals surface area contributed by atoms with Crippen LogP contribution in [0.4, 0.5) is 0 Å². The first-order valence-corrected chi connectivity index (χ1v) is 9.45. The molecular weight excluding hydrogens is 334 g/mol. The Bertz CT molecular complexity index is 865. The van der Waals surface area contributed by atoms with Gasteiger partial charge in [-0.3, -0.25) is 4.79 Å². The lowest BCUT2D eigenvalue weighted by molar-refractivity contribution is 0.0954. The van der Waals surface area contributed by atoms with E-state index < -0.39 is 0 Å². The van der Waals surface area contributed by atoms with Gasteiger partial charge in [-0.05, 0) is 49.5 Å². The molecule has 1 amide bonds. The van der Waals surface area contributed by atoms with Crippen LogP contribution in [0.15, 0.2) is 36.9 Å². The van der Waals surface area contributed by atoms with Crippen LogP contribution in [0.1, 0.15) is 33.1 Å². The molecule has 0 bridgehead atoms. The van der Waals surface area contributed by atoms with Gasteiger partial charge in [0.15, 0.2) is 0 Å². The summed E-state index contributed by atoms with van der Waals surface area (Å²) in [7, 11) is 0. The number of hydrogen-bond donors (Lipinski definition) is 2. The van der Waals surface area contributed by atoms with Crippen molar-refractivity contribution in [1.82, 2.24) is 25.0 Å². The van der Waals surface area contributed by atoms with Gasteiger partial charge in [-0.2, -0.15) is 0 Å². The molecule has 25 heavy (non-hydrogen) atoms. The fourth-order valence-corrected chi connectivity index (χ4v) is 4.12. The van der Waals surface area contributed by atoms with Crippen LogP contribution >= 0.6 is 11.3 Å². The number of aromatic nitrogens is 3. The summed E-state index contributed by atoms with van der Waals surface area (Å²) in [6.45, 7) is 2.66. The van der Waals surface area contributed by atoms with Crippen molar-refractivity contribution in [2.24, 2.45) is 5.92 Å². The molecular formula is C18H21N5OS. The van der Waals surface area contributed by atoms with Gasteiger partial charge in [-0.1, -0.05) is 0 Å². The molecule has 1 fully saturated rings. The van der Waals surface area contributed by atoms with Crippen LogP contribution in [-0.4, -0.2) is 33.4 Å². The van der Waals surface area contributed by atoms with Crippen molar-refractivity contribution in [2.75, 3.05) is 13.1 Å². The molecule has 2 N–H and O–H groups in total. The standard InChI is InChI=1S/C18H21N5OS/c24-18(22-11-14-3-7-23-8-6-20-16(23)9-14)15-12-21-17(25-15)10-13-1-4-19-5-2-13/h3,6-9,12-13,19H,1-2,4-5,10-11H2,(H,22,24). The number of rotatable bonds is 5. The molecule has 7 heteroatoms. The van der Waals surface area contributed by atoms with E-state index in [1.54, 1.807) is 12.4 Å². The van der Waals surface area contributed by atoms with E-state index in [4.69, 9.17) is 0 Å². The molecule has 0 atom stereocenters. The van der Waals surface area contributed by atoms with E-state index in [2.05, 4.69) is 20.6 Å². The predicted molar refractivity (Wildman–Crippen MR) is 97.8 cm³/mol. The Morgan fingerprint density at radius 2 is 2.20 bits per heavy atom. The lowest BCUT2D eigenvalue weighted by Gasteiger charge is -2.21. The lowest BCUT2D eigenvalue weighted by atomic mass is 9.95. The highest BCUT2D eigenvalue weighted by atomic mass is 32.1. The summed E-state index contributed by atoms with van der Waals surface area (Å²) in [4.78, 5) is 21.8. The fraction of sp³-hybridized carbons (Fsp3) is 0.389. The second-order valence-corrected chi connectivity index (χ2v) is 7.54. The molecule has 1 aliphatic rings. The monoisotopic (exact) mass is 355 g/mol.